The van der Waals surface area contributed by atoms with Crippen LogP contribution in [0.2, 0.25) is 5.02 Å². The summed E-state index contributed by atoms with van der Waals surface area (Å²) >= 11 is 6.18. The maximum absolute atomic E-state index is 13.4. The molecule has 0 radical (unpaired) electrons. The molecule has 4 rings (SSSR count). The molecule has 0 saturated heterocycles. The number of halogens is 4. The van der Waals surface area contributed by atoms with Crippen LogP contribution in [0, 0.1) is 0 Å². The molecule has 36 heavy (non-hydrogen) atoms. The van der Waals surface area contributed by atoms with Crippen LogP contribution in [0.1, 0.15) is 16.1 Å². The number of ether oxygens (including phenoxy) is 1. The van der Waals surface area contributed by atoms with Crippen molar-refractivity contribution >= 4 is 27.4 Å². The fraction of sp³-hybridized carbons (Fsp3) is 0.120. The van der Waals surface area contributed by atoms with Crippen LogP contribution in [0.25, 0.3) is 16.9 Å². The number of nitrogens with zero attached hydrogens (tertiary/aromatic N) is 2. The third kappa shape index (κ3) is 5.60. The Balaban J connectivity index is 1.53. The van der Waals surface area contributed by atoms with E-state index in [2.05, 4.69) is 5.10 Å². The van der Waals surface area contributed by atoms with Gasteiger partial charge in [0, 0.05) is 5.56 Å². The van der Waals surface area contributed by atoms with E-state index in [1.807, 2.05) is 0 Å². The Kier molecular flexibility index (Phi) is 7.18. The number of rotatable bonds is 7. The Hall–Kier alpha value is -3.63. The molecule has 4 aromatic rings. The molecule has 6 nitrogen and oxygen atoms in total. The van der Waals surface area contributed by atoms with Crippen LogP contribution in [0.4, 0.5) is 13.2 Å². The van der Waals surface area contributed by atoms with Gasteiger partial charge < -0.3 is 4.74 Å². The van der Waals surface area contributed by atoms with Crippen molar-refractivity contribution in [2.24, 2.45) is 0 Å². The van der Waals surface area contributed by atoms with Crippen molar-refractivity contribution in [2.45, 2.75) is 11.1 Å². The summed E-state index contributed by atoms with van der Waals surface area (Å²) in [5.74, 6) is -1.15. The Morgan fingerprint density at radius 2 is 1.58 bits per heavy atom. The number of sulfone groups is 1. The number of esters is 1. The third-order valence-electron chi connectivity index (χ3n) is 5.18. The van der Waals surface area contributed by atoms with Crippen molar-refractivity contribution in [3.63, 3.8) is 0 Å². The van der Waals surface area contributed by atoms with E-state index in [1.165, 1.54) is 48.5 Å². The van der Waals surface area contributed by atoms with Gasteiger partial charge >= 0.3 is 12.1 Å². The predicted molar refractivity (Wildman–Crippen MR) is 128 cm³/mol. The first-order valence-electron chi connectivity index (χ1n) is 10.5. The number of carbonyl (C=O) groups excluding carboxylic acids is 1. The average Bonchev–Trinajstić information content (AvgIpc) is 3.31. The first kappa shape index (κ1) is 25.5. The van der Waals surface area contributed by atoms with E-state index in [0.717, 1.165) is 10.7 Å². The van der Waals surface area contributed by atoms with Crippen molar-refractivity contribution in [3.8, 4) is 16.9 Å². The van der Waals surface area contributed by atoms with Gasteiger partial charge in [-0.3, -0.25) is 0 Å². The first-order valence-corrected chi connectivity index (χ1v) is 12.6. The van der Waals surface area contributed by atoms with Gasteiger partial charge in [-0.1, -0.05) is 54.1 Å². The summed E-state index contributed by atoms with van der Waals surface area (Å²) in [6, 6.07) is 20.7. The largest absolute Gasteiger partial charge is 0.461 e. The molecule has 0 aliphatic carbocycles. The van der Waals surface area contributed by atoms with E-state index in [1.54, 1.807) is 30.3 Å². The Bertz CT molecular complexity index is 1490. The number of alkyl halides is 3. The van der Waals surface area contributed by atoms with Gasteiger partial charge in [0.25, 0.3) is 0 Å². The molecule has 0 atom stereocenters. The van der Waals surface area contributed by atoms with Gasteiger partial charge in [0.05, 0.1) is 32.6 Å². The number of hydrogen-bond acceptors (Lipinski definition) is 5. The summed E-state index contributed by atoms with van der Waals surface area (Å²) in [6.07, 6.45) is -4.68. The third-order valence-corrected chi connectivity index (χ3v) is 7.20. The van der Waals surface area contributed by atoms with E-state index in [9.17, 15) is 26.4 Å². The molecule has 1 heterocycles. The van der Waals surface area contributed by atoms with Crippen molar-refractivity contribution in [1.82, 2.24) is 9.78 Å². The van der Waals surface area contributed by atoms with Gasteiger partial charge in [-0.15, -0.1) is 0 Å². The molecule has 0 amide bonds. The first-order chi connectivity index (χ1) is 17.1. The molecule has 186 valence electrons. The van der Waals surface area contributed by atoms with Crippen molar-refractivity contribution in [1.29, 1.82) is 0 Å². The van der Waals surface area contributed by atoms with Crippen LogP contribution in [0.3, 0.4) is 0 Å². The molecule has 0 N–H and O–H groups in total. The van der Waals surface area contributed by atoms with Crippen LogP contribution in [0.15, 0.2) is 89.8 Å². The molecule has 0 saturated carbocycles. The summed E-state index contributed by atoms with van der Waals surface area (Å²) in [5.41, 5.74) is -0.269. The monoisotopic (exact) mass is 534 g/mol. The molecule has 0 fully saturated rings. The Labute approximate surface area is 209 Å². The predicted octanol–water partition coefficient (Wildman–Crippen LogP) is 5.84. The zero-order chi connectivity index (χ0) is 25.9. The van der Waals surface area contributed by atoms with Crippen molar-refractivity contribution < 1.29 is 31.1 Å². The second kappa shape index (κ2) is 10.2. The highest BCUT2D eigenvalue weighted by molar-refractivity contribution is 7.91. The van der Waals surface area contributed by atoms with Crippen molar-refractivity contribution in [2.75, 3.05) is 12.4 Å². The zero-order valence-electron chi connectivity index (χ0n) is 18.4. The van der Waals surface area contributed by atoms with E-state index in [-0.39, 0.29) is 33.5 Å². The number of benzene rings is 3. The highest BCUT2D eigenvalue weighted by atomic mass is 35.5. The minimum Gasteiger partial charge on any atom is -0.461 e. The molecule has 0 unspecified atom stereocenters. The van der Waals surface area contributed by atoms with E-state index in [4.69, 9.17) is 16.3 Å². The molecule has 0 spiro atoms. The molecule has 0 aliphatic heterocycles. The van der Waals surface area contributed by atoms with Gasteiger partial charge in [0.2, 0.25) is 0 Å². The second-order valence-corrected chi connectivity index (χ2v) is 10.1. The summed E-state index contributed by atoms with van der Waals surface area (Å²) in [4.78, 5) is 12.5. The van der Waals surface area contributed by atoms with Crippen LogP contribution in [0.5, 0.6) is 0 Å². The van der Waals surface area contributed by atoms with Gasteiger partial charge in [0.15, 0.2) is 15.5 Å². The van der Waals surface area contributed by atoms with Crippen molar-refractivity contribution in [3.05, 3.63) is 101 Å². The highest BCUT2D eigenvalue weighted by Crippen LogP contribution is 2.34. The van der Waals surface area contributed by atoms with Crippen LogP contribution >= 0.6 is 11.6 Å². The molecule has 0 aliphatic rings. The van der Waals surface area contributed by atoms with Gasteiger partial charge in [-0.05, 0) is 42.5 Å². The lowest BCUT2D eigenvalue weighted by Gasteiger charge is -2.10. The zero-order valence-corrected chi connectivity index (χ0v) is 20.0. The average molecular weight is 535 g/mol. The maximum Gasteiger partial charge on any atom is 0.435 e. The molecule has 11 heteroatoms. The van der Waals surface area contributed by atoms with Crippen LogP contribution in [-0.2, 0) is 20.8 Å². The van der Waals surface area contributed by atoms with Gasteiger partial charge in [0.1, 0.15) is 6.61 Å². The molecule has 0 bridgehead atoms. The van der Waals surface area contributed by atoms with E-state index >= 15 is 0 Å². The lowest BCUT2D eigenvalue weighted by atomic mass is 10.1. The SMILES string of the molecule is O=C(OCCS(=O)(=O)c1ccccc1)c1ccc(-c2cc(C(F)(F)F)nn2-c2ccccc2Cl)cc1. The fourth-order valence-electron chi connectivity index (χ4n) is 3.38. The van der Waals surface area contributed by atoms with Crippen LogP contribution < -0.4 is 0 Å². The quantitative estimate of drug-likeness (QED) is 0.278. The normalized spacial score (nSPS) is 11.9. The molecule has 3 aromatic carbocycles. The van der Waals surface area contributed by atoms with E-state index < -0.39 is 33.4 Å². The summed E-state index contributed by atoms with van der Waals surface area (Å²) in [6.45, 7) is -0.355. The number of para-hydroxylation sites is 1. The van der Waals surface area contributed by atoms with E-state index in [0.29, 0.717) is 5.56 Å². The smallest absolute Gasteiger partial charge is 0.435 e. The van der Waals surface area contributed by atoms with Gasteiger partial charge in [-0.2, -0.15) is 18.3 Å². The topological polar surface area (TPSA) is 78.3 Å². The highest BCUT2D eigenvalue weighted by Gasteiger charge is 2.35. The number of aromatic nitrogens is 2. The standard InChI is InChI=1S/C25H18ClF3N2O4S/c26-20-8-4-5-9-21(20)31-22(16-23(30-31)25(27,28)29)17-10-12-18(13-11-17)24(32)35-14-15-36(33,34)19-6-2-1-3-7-19/h1-13,16H,14-15H2. The fourth-order valence-corrected chi connectivity index (χ4v) is 4.71. The summed E-state index contributed by atoms with van der Waals surface area (Å²) in [5, 5.41) is 3.90. The molecule has 1 aromatic heterocycles. The second-order valence-electron chi connectivity index (χ2n) is 7.62. The minimum atomic E-state index is -4.68. The van der Waals surface area contributed by atoms with Gasteiger partial charge in [-0.25, -0.2) is 17.9 Å². The Morgan fingerprint density at radius 1 is 0.944 bits per heavy atom. The Morgan fingerprint density at radius 3 is 2.22 bits per heavy atom. The lowest BCUT2D eigenvalue weighted by Crippen LogP contribution is -2.15. The lowest BCUT2D eigenvalue weighted by molar-refractivity contribution is -0.141. The molecular formula is C25H18ClF3N2O4S. The summed E-state index contributed by atoms with van der Waals surface area (Å²) < 4.78 is 70.9. The minimum absolute atomic E-state index is 0.107. The maximum atomic E-state index is 13.4. The van der Waals surface area contributed by atoms with Crippen LogP contribution in [-0.4, -0.2) is 36.5 Å². The summed E-state index contributed by atoms with van der Waals surface area (Å²) in [7, 11) is -3.61. The number of hydrogen-bond donors (Lipinski definition) is 0. The molecular weight excluding hydrogens is 517 g/mol. The number of carbonyl (C=O) groups is 1.